The summed E-state index contributed by atoms with van der Waals surface area (Å²) in [5, 5.41) is 6.04. The Morgan fingerprint density at radius 3 is 2.62 bits per heavy atom. The zero-order chi connectivity index (χ0) is 18.4. The topological polar surface area (TPSA) is 76.1 Å². The van der Waals surface area contributed by atoms with Crippen molar-refractivity contribution in [2.24, 2.45) is 0 Å². The highest BCUT2D eigenvalue weighted by Crippen LogP contribution is 2.16. The fourth-order valence-corrected chi connectivity index (χ4v) is 2.44. The molecule has 0 atom stereocenters. The summed E-state index contributed by atoms with van der Waals surface area (Å²) >= 11 is 0. The van der Waals surface area contributed by atoms with Crippen LogP contribution in [0.3, 0.4) is 0 Å². The molecule has 0 saturated carbocycles. The summed E-state index contributed by atoms with van der Waals surface area (Å²) < 4.78 is 5.12. The third-order valence-electron chi connectivity index (χ3n) is 3.80. The molecule has 0 aliphatic rings. The number of amides is 1. The SMILES string of the molecule is COc1ccc(CNC(=O)c2cc(Nc3cccc(C)c3)ncn2)cc1. The van der Waals surface area contributed by atoms with Gasteiger partial charge in [0.1, 0.15) is 23.6 Å². The molecule has 0 unspecified atom stereocenters. The fourth-order valence-electron chi connectivity index (χ4n) is 2.44. The van der Waals surface area contributed by atoms with Gasteiger partial charge < -0.3 is 15.4 Å². The number of aryl methyl sites for hydroxylation is 1. The smallest absolute Gasteiger partial charge is 0.270 e. The molecule has 0 bridgehead atoms. The first kappa shape index (κ1) is 17.4. The van der Waals surface area contributed by atoms with E-state index in [0.717, 1.165) is 22.6 Å². The van der Waals surface area contributed by atoms with Crippen molar-refractivity contribution in [1.82, 2.24) is 15.3 Å². The van der Waals surface area contributed by atoms with E-state index in [1.807, 2.05) is 55.5 Å². The minimum atomic E-state index is -0.254. The molecule has 3 aromatic rings. The molecule has 0 spiro atoms. The first-order valence-corrected chi connectivity index (χ1v) is 8.21. The third kappa shape index (κ3) is 4.57. The van der Waals surface area contributed by atoms with Crippen molar-refractivity contribution in [1.29, 1.82) is 0 Å². The van der Waals surface area contributed by atoms with Crippen molar-refractivity contribution in [2.75, 3.05) is 12.4 Å². The van der Waals surface area contributed by atoms with Crippen molar-refractivity contribution in [3.8, 4) is 5.75 Å². The van der Waals surface area contributed by atoms with Crippen LogP contribution in [0.4, 0.5) is 11.5 Å². The second kappa shape index (κ2) is 8.11. The van der Waals surface area contributed by atoms with E-state index in [-0.39, 0.29) is 5.91 Å². The van der Waals surface area contributed by atoms with E-state index >= 15 is 0 Å². The molecule has 0 aliphatic heterocycles. The average Bonchev–Trinajstić information content (AvgIpc) is 2.67. The van der Waals surface area contributed by atoms with E-state index in [1.165, 1.54) is 6.33 Å². The van der Waals surface area contributed by atoms with Gasteiger partial charge in [0.25, 0.3) is 5.91 Å². The number of rotatable bonds is 6. The van der Waals surface area contributed by atoms with Crippen LogP contribution in [-0.2, 0) is 6.54 Å². The van der Waals surface area contributed by atoms with Gasteiger partial charge in [-0.05, 0) is 42.3 Å². The number of nitrogens with one attached hydrogen (secondary N) is 2. The largest absolute Gasteiger partial charge is 0.497 e. The molecule has 0 radical (unpaired) electrons. The van der Waals surface area contributed by atoms with Gasteiger partial charge in [-0.25, -0.2) is 9.97 Å². The summed E-state index contributed by atoms with van der Waals surface area (Å²) in [5.41, 5.74) is 3.34. The standard InChI is InChI=1S/C20H20N4O2/c1-14-4-3-5-16(10-14)24-19-11-18(22-13-23-19)20(25)21-12-15-6-8-17(26-2)9-7-15/h3-11,13H,12H2,1-2H3,(H,21,25)(H,22,23,24). The quantitative estimate of drug-likeness (QED) is 0.713. The van der Waals surface area contributed by atoms with Crippen LogP contribution in [0.5, 0.6) is 5.75 Å². The van der Waals surface area contributed by atoms with Gasteiger partial charge in [0, 0.05) is 18.3 Å². The van der Waals surface area contributed by atoms with Crippen molar-refractivity contribution >= 4 is 17.4 Å². The fraction of sp³-hybridized carbons (Fsp3) is 0.150. The Balaban J connectivity index is 1.63. The number of carbonyl (C=O) groups excluding carboxylic acids is 1. The van der Waals surface area contributed by atoms with Gasteiger partial charge in [-0.15, -0.1) is 0 Å². The Kier molecular flexibility index (Phi) is 5.43. The normalized spacial score (nSPS) is 10.2. The Labute approximate surface area is 152 Å². The van der Waals surface area contributed by atoms with Crippen molar-refractivity contribution < 1.29 is 9.53 Å². The number of aromatic nitrogens is 2. The van der Waals surface area contributed by atoms with Crippen LogP contribution in [0.2, 0.25) is 0 Å². The van der Waals surface area contributed by atoms with Crippen molar-refractivity contribution in [3.63, 3.8) is 0 Å². The number of ether oxygens (including phenoxy) is 1. The molecule has 0 fully saturated rings. The van der Waals surface area contributed by atoms with Crippen LogP contribution in [0.25, 0.3) is 0 Å². The number of nitrogens with zero attached hydrogens (tertiary/aromatic N) is 2. The van der Waals surface area contributed by atoms with Crippen molar-refractivity contribution in [2.45, 2.75) is 13.5 Å². The molecule has 3 rings (SSSR count). The van der Waals surface area contributed by atoms with E-state index < -0.39 is 0 Å². The number of hydrogen-bond donors (Lipinski definition) is 2. The minimum Gasteiger partial charge on any atom is -0.497 e. The van der Waals surface area contributed by atoms with Gasteiger partial charge in [-0.2, -0.15) is 0 Å². The summed E-state index contributed by atoms with van der Waals surface area (Å²) in [4.78, 5) is 20.6. The predicted octanol–water partition coefficient (Wildman–Crippen LogP) is 3.47. The summed E-state index contributed by atoms with van der Waals surface area (Å²) in [7, 11) is 1.62. The number of anilines is 2. The van der Waals surface area contributed by atoms with Gasteiger partial charge >= 0.3 is 0 Å². The maximum atomic E-state index is 12.3. The number of methoxy groups -OCH3 is 1. The highest BCUT2D eigenvalue weighted by molar-refractivity contribution is 5.92. The maximum absolute atomic E-state index is 12.3. The number of hydrogen-bond acceptors (Lipinski definition) is 5. The highest BCUT2D eigenvalue weighted by Gasteiger charge is 2.09. The number of carbonyl (C=O) groups is 1. The molecule has 1 heterocycles. The maximum Gasteiger partial charge on any atom is 0.270 e. The molecular weight excluding hydrogens is 328 g/mol. The highest BCUT2D eigenvalue weighted by atomic mass is 16.5. The van der Waals surface area contributed by atoms with Crippen LogP contribution < -0.4 is 15.4 Å². The lowest BCUT2D eigenvalue weighted by Gasteiger charge is -2.08. The Morgan fingerprint density at radius 2 is 1.88 bits per heavy atom. The molecule has 0 saturated heterocycles. The molecule has 0 aliphatic carbocycles. The molecule has 1 aromatic heterocycles. The van der Waals surface area contributed by atoms with Gasteiger partial charge in [0.05, 0.1) is 7.11 Å². The second-order valence-electron chi connectivity index (χ2n) is 5.81. The summed E-state index contributed by atoms with van der Waals surface area (Å²) in [5.74, 6) is 1.10. The van der Waals surface area contributed by atoms with Crippen LogP contribution in [0.1, 0.15) is 21.6 Å². The molecule has 132 valence electrons. The van der Waals surface area contributed by atoms with E-state index in [1.54, 1.807) is 13.2 Å². The number of benzene rings is 2. The van der Waals surface area contributed by atoms with Gasteiger partial charge in [0.15, 0.2) is 0 Å². The van der Waals surface area contributed by atoms with Gasteiger partial charge in [0.2, 0.25) is 0 Å². The lowest BCUT2D eigenvalue weighted by Crippen LogP contribution is -2.24. The zero-order valence-corrected chi connectivity index (χ0v) is 14.7. The van der Waals surface area contributed by atoms with E-state index in [0.29, 0.717) is 18.1 Å². The van der Waals surface area contributed by atoms with Crippen molar-refractivity contribution in [3.05, 3.63) is 77.7 Å². The first-order chi connectivity index (χ1) is 12.6. The molecule has 2 aromatic carbocycles. The monoisotopic (exact) mass is 348 g/mol. The lowest BCUT2D eigenvalue weighted by atomic mass is 10.2. The van der Waals surface area contributed by atoms with Gasteiger partial charge in [-0.3, -0.25) is 4.79 Å². The summed E-state index contributed by atoms with van der Waals surface area (Å²) in [6, 6.07) is 17.1. The Bertz CT molecular complexity index is 894. The van der Waals surface area contributed by atoms with Gasteiger partial charge in [-0.1, -0.05) is 24.3 Å². The summed E-state index contributed by atoms with van der Waals surface area (Å²) in [6.45, 7) is 2.43. The Hall–Kier alpha value is -3.41. The molecule has 6 nitrogen and oxygen atoms in total. The van der Waals surface area contributed by atoms with Crippen LogP contribution in [0, 0.1) is 6.92 Å². The van der Waals surface area contributed by atoms with Crippen LogP contribution >= 0.6 is 0 Å². The van der Waals surface area contributed by atoms with E-state index in [2.05, 4.69) is 20.6 Å². The Morgan fingerprint density at radius 1 is 1.08 bits per heavy atom. The molecule has 2 N–H and O–H groups in total. The van der Waals surface area contributed by atoms with Crippen LogP contribution in [-0.4, -0.2) is 23.0 Å². The third-order valence-corrected chi connectivity index (χ3v) is 3.80. The second-order valence-corrected chi connectivity index (χ2v) is 5.81. The molecule has 26 heavy (non-hydrogen) atoms. The first-order valence-electron chi connectivity index (χ1n) is 8.21. The van der Waals surface area contributed by atoms with Crippen LogP contribution in [0.15, 0.2) is 60.9 Å². The van der Waals surface area contributed by atoms with E-state index in [9.17, 15) is 4.79 Å². The lowest BCUT2D eigenvalue weighted by molar-refractivity contribution is 0.0946. The predicted molar refractivity (Wildman–Crippen MR) is 101 cm³/mol. The molecule has 6 heteroatoms. The summed E-state index contributed by atoms with van der Waals surface area (Å²) in [6.07, 6.45) is 1.38. The average molecular weight is 348 g/mol. The molecular formula is C20H20N4O2. The minimum absolute atomic E-state index is 0.254. The zero-order valence-electron chi connectivity index (χ0n) is 14.7. The van der Waals surface area contributed by atoms with E-state index in [4.69, 9.17) is 4.74 Å². The molecule has 1 amide bonds.